The van der Waals surface area contributed by atoms with Crippen molar-refractivity contribution in [3.05, 3.63) is 35.9 Å². The lowest BCUT2D eigenvalue weighted by atomic mass is 10.0. The molecule has 0 heterocycles. The Morgan fingerprint density at radius 3 is 1.97 bits per heavy atom. The summed E-state index contributed by atoms with van der Waals surface area (Å²) in [4.78, 5) is 61.6. The number of carbonyl (C=O) groups excluding carboxylic acids is 4. The van der Waals surface area contributed by atoms with E-state index in [0.717, 1.165) is 5.56 Å². The quantitative estimate of drug-likeness (QED) is 0.122. The smallest absolute Gasteiger partial charge is 0.326 e. The van der Waals surface area contributed by atoms with Crippen molar-refractivity contribution in [1.29, 1.82) is 0 Å². The van der Waals surface area contributed by atoms with Crippen molar-refractivity contribution < 1.29 is 29.1 Å². The summed E-state index contributed by atoms with van der Waals surface area (Å²) >= 11 is 0. The average molecular weight is 535 g/mol. The van der Waals surface area contributed by atoms with Crippen LogP contribution in [0.2, 0.25) is 0 Å². The molecule has 0 saturated carbocycles. The van der Waals surface area contributed by atoms with E-state index >= 15 is 0 Å². The van der Waals surface area contributed by atoms with E-state index in [1.807, 2.05) is 44.2 Å². The van der Waals surface area contributed by atoms with E-state index in [2.05, 4.69) is 16.0 Å². The monoisotopic (exact) mass is 534 g/mol. The minimum atomic E-state index is -1.36. The van der Waals surface area contributed by atoms with Crippen LogP contribution in [0.1, 0.15) is 57.9 Å². The molecule has 1 rings (SSSR count). The van der Waals surface area contributed by atoms with Crippen LogP contribution in [0, 0.1) is 5.92 Å². The SMILES string of the molecule is CC(C)CC(NC(=O)C(N)Cc1ccccc1)C(=O)NC(CCCCN)C(=O)NC(CCC(N)=O)C(=O)O. The second-order valence-electron chi connectivity index (χ2n) is 9.74. The third-order valence-electron chi connectivity index (χ3n) is 5.85. The van der Waals surface area contributed by atoms with Gasteiger partial charge in [0.05, 0.1) is 6.04 Å². The van der Waals surface area contributed by atoms with Crippen molar-refractivity contribution in [2.45, 2.75) is 83.0 Å². The summed E-state index contributed by atoms with van der Waals surface area (Å²) in [5.41, 5.74) is 17.6. The molecule has 0 aromatic heterocycles. The largest absolute Gasteiger partial charge is 0.480 e. The highest BCUT2D eigenvalue weighted by Crippen LogP contribution is 2.10. The molecule has 38 heavy (non-hydrogen) atoms. The number of benzene rings is 1. The molecule has 12 heteroatoms. The van der Waals surface area contributed by atoms with E-state index in [1.54, 1.807) is 0 Å². The number of unbranched alkanes of at least 4 members (excludes halogenated alkanes) is 1. The molecule has 4 amide bonds. The van der Waals surface area contributed by atoms with Gasteiger partial charge in [-0.3, -0.25) is 19.2 Å². The van der Waals surface area contributed by atoms with E-state index < -0.39 is 53.8 Å². The highest BCUT2D eigenvalue weighted by atomic mass is 16.4. The number of nitrogens with two attached hydrogens (primary N) is 3. The molecule has 212 valence electrons. The van der Waals surface area contributed by atoms with Gasteiger partial charge in [-0.1, -0.05) is 44.2 Å². The summed E-state index contributed by atoms with van der Waals surface area (Å²) in [5, 5.41) is 17.1. The number of carbonyl (C=O) groups is 5. The van der Waals surface area contributed by atoms with Crippen LogP contribution in [0.15, 0.2) is 30.3 Å². The minimum absolute atomic E-state index is 0.0334. The van der Waals surface area contributed by atoms with Crippen LogP contribution in [0.5, 0.6) is 0 Å². The van der Waals surface area contributed by atoms with Gasteiger partial charge in [0.25, 0.3) is 0 Å². The number of primary amides is 1. The number of carboxylic acid groups (broad SMARTS) is 1. The first kappa shape index (κ1) is 32.5. The third kappa shape index (κ3) is 12.6. The topological polar surface area (TPSA) is 220 Å². The zero-order chi connectivity index (χ0) is 28.7. The molecule has 0 saturated heterocycles. The zero-order valence-corrected chi connectivity index (χ0v) is 22.2. The molecule has 0 fully saturated rings. The van der Waals surface area contributed by atoms with Crippen molar-refractivity contribution in [1.82, 2.24) is 16.0 Å². The van der Waals surface area contributed by atoms with Crippen molar-refractivity contribution in [2.75, 3.05) is 6.54 Å². The number of rotatable bonds is 18. The molecule has 4 atom stereocenters. The van der Waals surface area contributed by atoms with Crippen LogP contribution in [-0.2, 0) is 30.4 Å². The number of hydrogen-bond donors (Lipinski definition) is 7. The fourth-order valence-corrected chi connectivity index (χ4v) is 3.79. The predicted octanol–water partition coefficient (Wildman–Crippen LogP) is -0.464. The van der Waals surface area contributed by atoms with Crippen LogP contribution in [0.3, 0.4) is 0 Å². The van der Waals surface area contributed by atoms with Crippen LogP contribution in [-0.4, -0.2) is 65.4 Å². The van der Waals surface area contributed by atoms with Gasteiger partial charge in [0.1, 0.15) is 18.1 Å². The van der Waals surface area contributed by atoms with Gasteiger partial charge in [-0.2, -0.15) is 0 Å². The van der Waals surface area contributed by atoms with Gasteiger partial charge < -0.3 is 38.3 Å². The maximum absolute atomic E-state index is 13.2. The number of aliphatic carboxylic acids is 1. The predicted molar refractivity (Wildman–Crippen MR) is 142 cm³/mol. The van der Waals surface area contributed by atoms with Gasteiger partial charge in [-0.15, -0.1) is 0 Å². The first-order valence-corrected chi connectivity index (χ1v) is 12.9. The Morgan fingerprint density at radius 2 is 1.42 bits per heavy atom. The maximum Gasteiger partial charge on any atom is 0.326 e. The van der Waals surface area contributed by atoms with E-state index in [0.29, 0.717) is 25.8 Å². The Kier molecular flexibility index (Phi) is 14.6. The Labute approximate surface area is 223 Å². The molecule has 0 aliphatic rings. The number of carboxylic acids is 1. The molecule has 1 aromatic carbocycles. The minimum Gasteiger partial charge on any atom is -0.480 e. The molecule has 0 bridgehead atoms. The van der Waals surface area contributed by atoms with Gasteiger partial charge >= 0.3 is 5.97 Å². The van der Waals surface area contributed by atoms with Gasteiger partial charge in [0, 0.05) is 6.42 Å². The molecule has 0 radical (unpaired) electrons. The second kappa shape index (κ2) is 17.1. The summed E-state index contributed by atoms with van der Waals surface area (Å²) in [6.07, 6.45) is 1.45. The fourth-order valence-electron chi connectivity index (χ4n) is 3.79. The van der Waals surface area contributed by atoms with Gasteiger partial charge in [-0.05, 0) is 56.6 Å². The molecule has 10 N–H and O–H groups in total. The van der Waals surface area contributed by atoms with E-state index in [1.165, 1.54) is 0 Å². The zero-order valence-electron chi connectivity index (χ0n) is 22.2. The van der Waals surface area contributed by atoms with Crippen LogP contribution in [0.25, 0.3) is 0 Å². The van der Waals surface area contributed by atoms with Gasteiger partial charge in [0.15, 0.2) is 0 Å². The molecule has 0 aliphatic heterocycles. The lowest BCUT2D eigenvalue weighted by Crippen LogP contribution is -2.57. The van der Waals surface area contributed by atoms with E-state index in [-0.39, 0.29) is 31.6 Å². The normalized spacial score (nSPS) is 14.1. The fraction of sp³-hybridized carbons (Fsp3) is 0.577. The highest BCUT2D eigenvalue weighted by Gasteiger charge is 2.30. The van der Waals surface area contributed by atoms with Gasteiger partial charge in [0.2, 0.25) is 23.6 Å². The maximum atomic E-state index is 13.2. The second-order valence-corrected chi connectivity index (χ2v) is 9.74. The Balaban J connectivity index is 2.96. The standard InChI is InChI=1S/C26H42N6O6/c1-16(2)14-21(32-23(34)18(28)15-17-8-4-3-5-9-17)25(36)30-19(10-6-7-13-27)24(35)31-20(26(37)38)11-12-22(29)33/h3-5,8-9,16,18-21H,6-7,10-15,27-28H2,1-2H3,(H2,29,33)(H,30,36)(H,31,35)(H,32,34)(H,37,38). The molecule has 0 spiro atoms. The lowest BCUT2D eigenvalue weighted by molar-refractivity contribution is -0.142. The molecule has 1 aromatic rings. The van der Waals surface area contributed by atoms with Crippen LogP contribution < -0.4 is 33.2 Å². The van der Waals surface area contributed by atoms with Crippen molar-refractivity contribution in [2.24, 2.45) is 23.1 Å². The van der Waals surface area contributed by atoms with Crippen LogP contribution in [0.4, 0.5) is 0 Å². The molecule has 0 aliphatic carbocycles. The van der Waals surface area contributed by atoms with Crippen molar-refractivity contribution in [3.8, 4) is 0 Å². The van der Waals surface area contributed by atoms with Crippen molar-refractivity contribution in [3.63, 3.8) is 0 Å². The summed E-state index contributed by atoms with van der Waals surface area (Å²) in [6.45, 7) is 4.15. The Hall–Kier alpha value is -3.51. The Bertz CT molecular complexity index is 926. The first-order chi connectivity index (χ1) is 17.9. The Morgan fingerprint density at radius 1 is 0.842 bits per heavy atom. The molecule has 12 nitrogen and oxygen atoms in total. The van der Waals surface area contributed by atoms with E-state index in [9.17, 15) is 29.1 Å². The average Bonchev–Trinajstić information content (AvgIpc) is 2.85. The summed E-state index contributed by atoms with van der Waals surface area (Å²) in [5.74, 6) is -3.80. The number of hydrogen-bond acceptors (Lipinski definition) is 7. The lowest BCUT2D eigenvalue weighted by Gasteiger charge is -2.26. The summed E-state index contributed by atoms with van der Waals surface area (Å²) in [6, 6.07) is 4.97. The first-order valence-electron chi connectivity index (χ1n) is 12.9. The third-order valence-corrected chi connectivity index (χ3v) is 5.85. The number of nitrogens with one attached hydrogen (secondary N) is 3. The number of amides is 4. The van der Waals surface area contributed by atoms with Crippen LogP contribution >= 0.6 is 0 Å². The summed E-state index contributed by atoms with van der Waals surface area (Å²) < 4.78 is 0. The molecule has 4 unspecified atom stereocenters. The molecular formula is C26H42N6O6. The summed E-state index contributed by atoms with van der Waals surface area (Å²) in [7, 11) is 0. The van der Waals surface area contributed by atoms with Gasteiger partial charge in [-0.25, -0.2) is 4.79 Å². The van der Waals surface area contributed by atoms with E-state index in [4.69, 9.17) is 17.2 Å². The highest BCUT2D eigenvalue weighted by molar-refractivity contribution is 5.94. The molecular weight excluding hydrogens is 492 g/mol. The van der Waals surface area contributed by atoms with Crippen molar-refractivity contribution >= 4 is 29.6 Å².